The molecule has 1 aromatic carbocycles. The Morgan fingerprint density at radius 3 is 2.42 bits per heavy atom. The molecule has 0 radical (unpaired) electrons. The first-order chi connectivity index (χ1) is 15.7. The molecule has 170 valence electrons. The van der Waals surface area contributed by atoms with Gasteiger partial charge in [0.2, 0.25) is 0 Å². The van der Waals surface area contributed by atoms with Crippen LogP contribution in [-0.2, 0) is 5.60 Å². The molecule has 2 N–H and O–H groups in total. The first kappa shape index (κ1) is 23.1. The Labute approximate surface area is 200 Å². The van der Waals surface area contributed by atoms with Gasteiger partial charge in [0.15, 0.2) is 0 Å². The Kier molecular flexibility index (Phi) is 6.36. The van der Waals surface area contributed by atoms with Crippen LogP contribution in [-0.4, -0.2) is 48.8 Å². The minimum atomic E-state index is -1.02. The molecule has 0 atom stereocenters. The zero-order valence-electron chi connectivity index (χ0n) is 17.9. The van der Waals surface area contributed by atoms with Crippen molar-refractivity contribution in [2.45, 2.75) is 19.4 Å². The number of aliphatic hydroxyl groups is 2. The number of hydrogen-bond acceptors (Lipinski definition) is 6. The maximum Gasteiger partial charge on any atom is 0.264 e. The van der Waals surface area contributed by atoms with Gasteiger partial charge in [-0.25, -0.2) is 9.97 Å². The molecule has 10 heteroatoms. The number of rotatable bonds is 6. The van der Waals surface area contributed by atoms with Crippen LogP contribution in [0.1, 0.15) is 29.9 Å². The summed E-state index contributed by atoms with van der Waals surface area (Å²) in [6.07, 6.45) is 4.77. The van der Waals surface area contributed by atoms with Crippen molar-refractivity contribution in [3.8, 4) is 5.69 Å². The second-order valence-corrected chi connectivity index (χ2v) is 8.62. The summed E-state index contributed by atoms with van der Waals surface area (Å²) < 4.78 is 1.96. The number of anilines is 1. The fourth-order valence-electron chi connectivity index (χ4n) is 3.52. The molecule has 0 unspecified atom stereocenters. The van der Waals surface area contributed by atoms with Crippen molar-refractivity contribution in [2.75, 3.05) is 18.1 Å². The number of aromatic nitrogens is 4. The lowest BCUT2D eigenvalue weighted by Crippen LogP contribution is -2.34. The molecule has 3 heterocycles. The molecule has 0 fully saturated rings. The lowest BCUT2D eigenvalue weighted by molar-refractivity contribution is 0.0738. The van der Waals surface area contributed by atoms with Crippen LogP contribution in [0.4, 0.5) is 5.69 Å². The van der Waals surface area contributed by atoms with Crippen molar-refractivity contribution in [2.24, 2.45) is 0 Å². The number of aliphatic hydroxyl groups excluding tert-OH is 1. The molecule has 8 nitrogen and oxygen atoms in total. The molecule has 0 aliphatic carbocycles. The van der Waals surface area contributed by atoms with E-state index in [0.29, 0.717) is 11.4 Å². The van der Waals surface area contributed by atoms with Gasteiger partial charge in [-0.1, -0.05) is 23.2 Å². The van der Waals surface area contributed by atoms with E-state index >= 15 is 0 Å². The number of nitrogens with zero attached hydrogens (tertiary/aromatic N) is 5. The summed E-state index contributed by atoms with van der Waals surface area (Å²) in [5, 5.41) is 20.4. The van der Waals surface area contributed by atoms with Crippen LogP contribution in [0.3, 0.4) is 0 Å². The van der Waals surface area contributed by atoms with Gasteiger partial charge in [-0.2, -0.15) is 0 Å². The molecule has 0 bridgehead atoms. The van der Waals surface area contributed by atoms with E-state index in [4.69, 9.17) is 23.2 Å². The highest BCUT2D eigenvalue weighted by Crippen LogP contribution is 2.29. The molecule has 3 aromatic heterocycles. The van der Waals surface area contributed by atoms with E-state index in [1.807, 2.05) is 35.0 Å². The van der Waals surface area contributed by atoms with Crippen molar-refractivity contribution in [3.63, 3.8) is 0 Å². The van der Waals surface area contributed by atoms with Crippen molar-refractivity contribution in [1.29, 1.82) is 0 Å². The average Bonchev–Trinajstić information content (AvgIpc) is 3.20. The lowest BCUT2D eigenvalue weighted by atomic mass is 10.1. The molecule has 1 amide bonds. The quantitative estimate of drug-likeness (QED) is 0.400. The van der Waals surface area contributed by atoms with Crippen molar-refractivity contribution >= 4 is 45.7 Å². The number of hydrogen-bond donors (Lipinski definition) is 2. The smallest absolute Gasteiger partial charge is 0.264 e. The third kappa shape index (κ3) is 4.56. The summed E-state index contributed by atoms with van der Waals surface area (Å²) >= 11 is 12.2. The number of halogens is 2. The highest BCUT2D eigenvalue weighted by atomic mass is 35.5. The predicted molar refractivity (Wildman–Crippen MR) is 127 cm³/mol. The van der Waals surface area contributed by atoms with E-state index < -0.39 is 11.5 Å². The van der Waals surface area contributed by atoms with Gasteiger partial charge < -0.3 is 19.7 Å². The number of pyridine rings is 1. The fourth-order valence-corrected chi connectivity index (χ4v) is 3.99. The Hall–Kier alpha value is -3.04. The number of amides is 1. The van der Waals surface area contributed by atoms with Crippen LogP contribution < -0.4 is 4.90 Å². The van der Waals surface area contributed by atoms with Crippen LogP contribution in [0.25, 0.3) is 16.6 Å². The molecule has 4 aromatic rings. The Morgan fingerprint density at radius 1 is 1.09 bits per heavy atom. The second kappa shape index (κ2) is 9.07. The van der Waals surface area contributed by atoms with Gasteiger partial charge in [0.1, 0.15) is 27.8 Å². The Morgan fingerprint density at radius 2 is 1.82 bits per heavy atom. The molecule has 33 heavy (non-hydrogen) atoms. The van der Waals surface area contributed by atoms with Crippen molar-refractivity contribution < 1.29 is 15.0 Å². The van der Waals surface area contributed by atoms with E-state index in [2.05, 4.69) is 15.0 Å². The fraction of sp³-hybridized carbons (Fsp3) is 0.217. The summed E-state index contributed by atoms with van der Waals surface area (Å²) in [4.78, 5) is 26.6. The molecule has 0 saturated heterocycles. The third-order valence-corrected chi connectivity index (χ3v) is 5.75. The average molecular weight is 486 g/mol. The molecule has 0 saturated carbocycles. The Bertz CT molecular complexity index is 1300. The first-order valence-corrected chi connectivity index (χ1v) is 10.9. The maximum atomic E-state index is 13.2. The lowest BCUT2D eigenvalue weighted by Gasteiger charge is -2.23. The van der Waals surface area contributed by atoms with Crippen LogP contribution in [0, 0.1) is 0 Å². The molecular weight excluding hydrogens is 465 g/mol. The van der Waals surface area contributed by atoms with Crippen LogP contribution in [0.2, 0.25) is 10.3 Å². The summed E-state index contributed by atoms with van der Waals surface area (Å²) in [5.74, 6) is -0.509. The monoisotopic (exact) mass is 485 g/mol. The molecule has 0 aliphatic heterocycles. The summed E-state index contributed by atoms with van der Waals surface area (Å²) in [6.45, 7) is 3.15. The maximum absolute atomic E-state index is 13.2. The highest BCUT2D eigenvalue weighted by Gasteiger charge is 2.24. The standard InChI is InChI=1S/C23H21Cl2N5O3/c1-23(2,33)18-6-4-16(12-26-18)29-8-7-14-11-15(3-5-17(14)29)30(9-10-31)22(32)19-20(24)27-13-28-21(19)25/h3-8,11-13,31,33H,9-10H2,1-2H3. The van der Waals surface area contributed by atoms with Gasteiger partial charge in [-0.05, 0) is 50.2 Å². The molecule has 4 rings (SSSR count). The predicted octanol–water partition coefficient (Wildman–Crippen LogP) is 3.99. The highest BCUT2D eigenvalue weighted by molar-refractivity contribution is 6.39. The number of benzene rings is 1. The summed E-state index contributed by atoms with van der Waals surface area (Å²) in [7, 11) is 0. The van der Waals surface area contributed by atoms with Crippen molar-refractivity contribution in [1.82, 2.24) is 19.5 Å². The van der Waals surface area contributed by atoms with Gasteiger partial charge in [-0.15, -0.1) is 0 Å². The van der Waals surface area contributed by atoms with E-state index in [0.717, 1.165) is 16.6 Å². The zero-order chi connectivity index (χ0) is 23.8. The van der Waals surface area contributed by atoms with Gasteiger partial charge in [-0.3, -0.25) is 9.78 Å². The minimum absolute atomic E-state index is 0.0232. The van der Waals surface area contributed by atoms with E-state index in [-0.39, 0.29) is 29.0 Å². The summed E-state index contributed by atoms with van der Waals surface area (Å²) in [5.41, 5.74) is 1.81. The molecular formula is C23H21Cl2N5O3. The van der Waals surface area contributed by atoms with Gasteiger partial charge in [0, 0.05) is 23.8 Å². The molecule has 0 aliphatic rings. The number of fused-ring (bicyclic) bond motifs is 1. The largest absolute Gasteiger partial charge is 0.395 e. The SMILES string of the molecule is CC(C)(O)c1ccc(-n2ccc3cc(N(CCO)C(=O)c4c(Cl)ncnc4Cl)ccc32)cn1. The van der Waals surface area contributed by atoms with E-state index in [1.165, 1.54) is 11.2 Å². The zero-order valence-corrected chi connectivity index (χ0v) is 19.4. The molecule has 0 spiro atoms. The number of carbonyl (C=O) groups is 1. The van der Waals surface area contributed by atoms with Gasteiger partial charge in [0.25, 0.3) is 5.91 Å². The van der Waals surface area contributed by atoms with Crippen LogP contribution >= 0.6 is 23.2 Å². The first-order valence-electron chi connectivity index (χ1n) is 10.1. The summed E-state index contributed by atoms with van der Waals surface area (Å²) in [6, 6.07) is 11.1. The van der Waals surface area contributed by atoms with E-state index in [9.17, 15) is 15.0 Å². The van der Waals surface area contributed by atoms with Gasteiger partial charge in [0.05, 0.1) is 29.7 Å². The minimum Gasteiger partial charge on any atom is -0.395 e. The van der Waals surface area contributed by atoms with Gasteiger partial charge >= 0.3 is 0 Å². The second-order valence-electron chi connectivity index (χ2n) is 7.90. The topological polar surface area (TPSA) is 104 Å². The number of carbonyl (C=O) groups excluding carboxylic acids is 1. The third-order valence-electron chi connectivity index (χ3n) is 5.18. The Balaban J connectivity index is 1.71. The normalized spacial score (nSPS) is 11.7. The van der Waals surface area contributed by atoms with Crippen LogP contribution in [0.15, 0.2) is 55.1 Å². The van der Waals surface area contributed by atoms with Crippen molar-refractivity contribution in [3.05, 3.63) is 76.7 Å². The van der Waals surface area contributed by atoms with Crippen LogP contribution in [0.5, 0.6) is 0 Å². The van der Waals surface area contributed by atoms with E-state index in [1.54, 1.807) is 32.2 Å².